The molecule has 0 aliphatic carbocycles. The average Bonchev–Trinajstić information content (AvgIpc) is 2.55. The van der Waals surface area contributed by atoms with Crippen LogP contribution in [0.1, 0.15) is 40.2 Å². The van der Waals surface area contributed by atoms with Crippen molar-refractivity contribution in [1.82, 2.24) is 0 Å². The second-order valence-electron chi connectivity index (χ2n) is 6.55. The maximum Gasteiger partial charge on any atom is 0.573 e. The third-order valence-corrected chi connectivity index (χ3v) is 4.20. The third kappa shape index (κ3) is 4.29. The summed E-state index contributed by atoms with van der Waals surface area (Å²) in [7, 11) is -0.494. The smallest absolute Gasteiger partial charge is 0.406 e. The van der Waals surface area contributed by atoms with Gasteiger partial charge in [0.1, 0.15) is 5.75 Å². The SMILES string of the molecule is C/C(=C\B1OC(C)(C)C(C)(C)O1)c1ccc(OC(F)(F)F)cc1. The third-order valence-electron chi connectivity index (χ3n) is 4.20. The van der Waals surface area contributed by atoms with Crippen molar-refractivity contribution in [2.24, 2.45) is 0 Å². The minimum atomic E-state index is -4.69. The highest BCUT2D eigenvalue weighted by Gasteiger charge is 2.50. The van der Waals surface area contributed by atoms with Crippen LogP contribution < -0.4 is 4.74 Å². The standard InChI is InChI=1S/C16H20BF3O3/c1-11(10-17-22-14(2,3)15(4,5)23-17)12-6-8-13(9-7-12)21-16(18,19)20/h6-10H,1-5H3/b11-10+. The van der Waals surface area contributed by atoms with Gasteiger partial charge in [-0.3, -0.25) is 0 Å². The van der Waals surface area contributed by atoms with Gasteiger partial charge in [0.05, 0.1) is 11.2 Å². The lowest BCUT2D eigenvalue weighted by Gasteiger charge is -2.32. The molecule has 0 radical (unpaired) electrons. The highest BCUT2D eigenvalue weighted by Crippen LogP contribution is 2.37. The van der Waals surface area contributed by atoms with Crippen LogP contribution in [0.25, 0.3) is 5.57 Å². The lowest BCUT2D eigenvalue weighted by molar-refractivity contribution is -0.274. The monoisotopic (exact) mass is 328 g/mol. The zero-order valence-corrected chi connectivity index (χ0v) is 13.8. The van der Waals surface area contributed by atoms with E-state index < -0.39 is 24.7 Å². The number of alkyl halides is 3. The number of rotatable bonds is 3. The van der Waals surface area contributed by atoms with E-state index in [-0.39, 0.29) is 5.75 Å². The average molecular weight is 328 g/mol. The lowest BCUT2D eigenvalue weighted by atomic mass is 9.85. The molecule has 0 spiro atoms. The van der Waals surface area contributed by atoms with E-state index in [1.165, 1.54) is 12.1 Å². The fourth-order valence-corrected chi connectivity index (χ4v) is 2.18. The van der Waals surface area contributed by atoms with E-state index in [4.69, 9.17) is 9.31 Å². The molecule has 0 aromatic heterocycles. The van der Waals surface area contributed by atoms with Crippen molar-refractivity contribution in [2.75, 3.05) is 0 Å². The second-order valence-corrected chi connectivity index (χ2v) is 6.55. The van der Waals surface area contributed by atoms with Crippen LogP contribution >= 0.6 is 0 Å². The number of benzene rings is 1. The van der Waals surface area contributed by atoms with E-state index in [0.29, 0.717) is 0 Å². The number of hydrogen-bond donors (Lipinski definition) is 0. The van der Waals surface area contributed by atoms with Gasteiger partial charge in [-0.2, -0.15) is 0 Å². The molecule has 1 heterocycles. The second kappa shape index (κ2) is 5.87. The van der Waals surface area contributed by atoms with Crippen molar-refractivity contribution in [2.45, 2.75) is 52.2 Å². The lowest BCUT2D eigenvalue weighted by Crippen LogP contribution is -2.41. The molecule has 0 N–H and O–H groups in total. The van der Waals surface area contributed by atoms with E-state index in [0.717, 1.165) is 11.1 Å². The van der Waals surface area contributed by atoms with Crippen LogP contribution in [0.4, 0.5) is 13.2 Å². The maximum absolute atomic E-state index is 12.1. The zero-order chi connectivity index (χ0) is 17.5. The van der Waals surface area contributed by atoms with Crippen molar-refractivity contribution in [3.05, 3.63) is 35.8 Å². The number of halogens is 3. The topological polar surface area (TPSA) is 27.7 Å². The Morgan fingerprint density at radius 2 is 1.52 bits per heavy atom. The van der Waals surface area contributed by atoms with E-state index >= 15 is 0 Å². The summed E-state index contributed by atoms with van der Waals surface area (Å²) in [6.45, 7) is 9.68. The Hall–Kier alpha value is -1.47. The molecule has 1 fully saturated rings. The first-order valence-electron chi connectivity index (χ1n) is 7.30. The normalized spacial score (nSPS) is 20.7. The summed E-state index contributed by atoms with van der Waals surface area (Å²) >= 11 is 0. The van der Waals surface area contributed by atoms with Gasteiger partial charge in [0.2, 0.25) is 0 Å². The first-order chi connectivity index (χ1) is 10.4. The molecule has 3 nitrogen and oxygen atoms in total. The van der Waals surface area contributed by atoms with Crippen molar-refractivity contribution in [3.8, 4) is 5.75 Å². The Kier molecular flexibility index (Phi) is 4.56. The molecule has 7 heteroatoms. The summed E-state index contributed by atoms with van der Waals surface area (Å²) < 4.78 is 52.1. The summed E-state index contributed by atoms with van der Waals surface area (Å²) in [4.78, 5) is 0. The Bertz CT molecular complexity index is 576. The Balaban J connectivity index is 2.10. The molecule has 23 heavy (non-hydrogen) atoms. The summed E-state index contributed by atoms with van der Waals surface area (Å²) in [5, 5.41) is 0. The molecule has 0 saturated carbocycles. The van der Waals surface area contributed by atoms with Crippen LogP contribution in [0.3, 0.4) is 0 Å². The van der Waals surface area contributed by atoms with Crippen LogP contribution in [0, 0.1) is 0 Å². The van der Waals surface area contributed by atoms with Crippen LogP contribution in [0.2, 0.25) is 0 Å². The highest BCUT2D eigenvalue weighted by molar-refractivity contribution is 6.53. The van der Waals surface area contributed by atoms with Crippen LogP contribution in [-0.2, 0) is 9.31 Å². The van der Waals surface area contributed by atoms with Crippen molar-refractivity contribution >= 4 is 12.7 Å². The van der Waals surface area contributed by atoms with Crippen molar-refractivity contribution in [3.63, 3.8) is 0 Å². The molecular formula is C16H20BF3O3. The van der Waals surface area contributed by atoms with Gasteiger partial charge in [-0.05, 0) is 52.3 Å². The Labute approximate surface area is 134 Å². The fraction of sp³-hybridized carbons (Fsp3) is 0.500. The summed E-state index contributed by atoms with van der Waals surface area (Å²) in [5.41, 5.74) is 0.758. The molecule has 1 saturated heterocycles. The Morgan fingerprint density at radius 3 is 1.96 bits per heavy atom. The number of hydrogen-bond acceptors (Lipinski definition) is 3. The van der Waals surface area contributed by atoms with E-state index in [1.807, 2.05) is 40.6 Å². The molecule has 2 rings (SSSR count). The van der Waals surface area contributed by atoms with Gasteiger partial charge in [0.15, 0.2) is 0 Å². The fourth-order valence-electron chi connectivity index (χ4n) is 2.18. The van der Waals surface area contributed by atoms with Gasteiger partial charge in [0.25, 0.3) is 0 Å². The Morgan fingerprint density at radius 1 is 1.04 bits per heavy atom. The highest BCUT2D eigenvalue weighted by atomic mass is 19.4. The number of ether oxygens (including phenoxy) is 1. The molecule has 126 valence electrons. The predicted molar refractivity (Wildman–Crippen MR) is 82.9 cm³/mol. The van der Waals surface area contributed by atoms with Crippen molar-refractivity contribution < 1.29 is 27.2 Å². The minimum Gasteiger partial charge on any atom is -0.406 e. The molecule has 0 bridgehead atoms. The van der Waals surface area contributed by atoms with Gasteiger partial charge in [-0.25, -0.2) is 0 Å². The molecule has 1 aliphatic rings. The molecule has 0 atom stereocenters. The molecule has 0 amide bonds. The van der Waals surface area contributed by atoms with Crippen molar-refractivity contribution in [1.29, 1.82) is 0 Å². The molecule has 1 aliphatic heterocycles. The van der Waals surface area contributed by atoms with Gasteiger partial charge in [-0.15, -0.1) is 13.2 Å². The molecule has 1 aromatic rings. The first-order valence-corrected chi connectivity index (χ1v) is 7.30. The van der Waals surface area contributed by atoms with Gasteiger partial charge in [-0.1, -0.05) is 23.7 Å². The summed E-state index contributed by atoms with van der Waals surface area (Å²) in [5.74, 6) is 1.57. The molecule has 1 aromatic carbocycles. The summed E-state index contributed by atoms with van der Waals surface area (Å²) in [6, 6.07) is 5.70. The van der Waals surface area contributed by atoms with E-state index in [2.05, 4.69) is 4.74 Å². The predicted octanol–water partition coefficient (Wildman–Crippen LogP) is 4.62. The first kappa shape index (κ1) is 17.9. The van der Waals surface area contributed by atoms with Crippen LogP contribution in [0.15, 0.2) is 30.2 Å². The molecule has 0 unspecified atom stereocenters. The van der Waals surface area contributed by atoms with Crippen LogP contribution in [-0.4, -0.2) is 24.7 Å². The van der Waals surface area contributed by atoms with Gasteiger partial charge in [0, 0.05) is 0 Å². The molecular weight excluding hydrogens is 308 g/mol. The van der Waals surface area contributed by atoms with Gasteiger partial charge < -0.3 is 14.0 Å². The maximum atomic E-state index is 12.1. The van der Waals surface area contributed by atoms with Crippen LogP contribution in [0.5, 0.6) is 5.75 Å². The van der Waals surface area contributed by atoms with Gasteiger partial charge >= 0.3 is 13.5 Å². The quantitative estimate of drug-likeness (QED) is 0.758. The zero-order valence-electron chi connectivity index (χ0n) is 13.8. The van der Waals surface area contributed by atoms with E-state index in [1.54, 1.807) is 12.1 Å². The number of allylic oxidation sites excluding steroid dienone is 1. The summed E-state index contributed by atoms with van der Waals surface area (Å²) in [6.07, 6.45) is -4.69. The van der Waals surface area contributed by atoms with E-state index in [9.17, 15) is 13.2 Å². The minimum absolute atomic E-state index is 0.246. The largest absolute Gasteiger partial charge is 0.573 e.